The van der Waals surface area contributed by atoms with Crippen LogP contribution in [0.2, 0.25) is 0 Å². The third-order valence-corrected chi connectivity index (χ3v) is 4.57. The van der Waals surface area contributed by atoms with Crippen LogP contribution >= 0.6 is 0 Å². The molecule has 0 atom stereocenters. The third-order valence-electron chi connectivity index (χ3n) is 4.57. The van der Waals surface area contributed by atoms with Gasteiger partial charge in [-0.1, -0.05) is 91.5 Å². The van der Waals surface area contributed by atoms with E-state index in [1.165, 1.54) is 27.8 Å². The number of hydrogen-bond donors (Lipinski definition) is 0. The smallest absolute Gasteiger partial charge is 0.0717 e. The molecule has 3 aromatic rings. The minimum absolute atomic E-state index is 0.631. The molecule has 0 aliphatic heterocycles. The first kappa shape index (κ1) is 18.9. The van der Waals surface area contributed by atoms with Crippen LogP contribution < -0.4 is 0 Å². The summed E-state index contributed by atoms with van der Waals surface area (Å²) < 4.78 is 5.75. The lowest BCUT2D eigenvalue weighted by molar-refractivity contribution is 0.125. The van der Waals surface area contributed by atoms with Gasteiger partial charge in [-0.2, -0.15) is 0 Å². The summed E-state index contributed by atoms with van der Waals surface area (Å²) in [6.45, 7) is 7.40. The van der Waals surface area contributed by atoms with Crippen molar-refractivity contribution in [1.82, 2.24) is 0 Å². The molecule has 0 saturated carbocycles. The molecule has 0 heterocycles. The molecule has 0 aromatic heterocycles. The van der Waals surface area contributed by atoms with E-state index in [0.29, 0.717) is 6.61 Å². The van der Waals surface area contributed by atoms with E-state index in [-0.39, 0.29) is 0 Å². The van der Waals surface area contributed by atoms with Gasteiger partial charge >= 0.3 is 0 Å². The van der Waals surface area contributed by atoms with Gasteiger partial charge in [0.25, 0.3) is 0 Å². The SMILES string of the molecule is C=Cc1cc(COCC/C=C/C)ccc1-c1ccc(-c2ccccc2)cc1. The molecule has 0 fully saturated rings. The maximum atomic E-state index is 5.75. The molecule has 0 amide bonds. The van der Waals surface area contributed by atoms with Crippen LogP contribution in [0.25, 0.3) is 28.3 Å². The Balaban J connectivity index is 1.75. The van der Waals surface area contributed by atoms with Gasteiger partial charge in [-0.3, -0.25) is 0 Å². The average Bonchev–Trinajstić information content (AvgIpc) is 2.74. The van der Waals surface area contributed by atoms with Gasteiger partial charge in [-0.15, -0.1) is 0 Å². The average molecular weight is 354 g/mol. The highest BCUT2D eigenvalue weighted by Crippen LogP contribution is 2.28. The van der Waals surface area contributed by atoms with Gasteiger partial charge in [0, 0.05) is 0 Å². The molecule has 0 unspecified atom stereocenters. The molecule has 0 saturated heterocycles. The van der Waals surface area contributed by atoms with E-state index in [1.807, 2.05) is 19.1 Å². The fourth-order valence-corrected chi connectivity index (χ4v) is 3.11. The molecule has 3 rings (SSSR count). The van der Waals surface area contributed by atoms with Crippen LogP contribution in [-0.4, -0.2) is 6.61 Å². The number of ether oxygens (including phenoxy) is 1. The molecular weight excluding hydrogens is 328 g/mol. The third kappa shape index (κ3) is 5.06. The van der Waals surface area contributed by atoms with Crippen LogP contribution in [0.4, 0.5) is 0 Å². The Labute approximate surface area is 162 Å². The second kappa shape index (κ2) is 9.70. The van der Waals surface area contributed by atoms with Gasteiger partial charge < -0.3 is 4.74 Å². The van der Waals surface area contributed by atoms with Crippen molar-refractivity contribution in [2.75, 3.05) is 6.61 Å². The lowest BCUT2D eigenvalue weighted by Gasteiger charge is -2.11. The van der Waals surface area contributed by atoms with Gasteiger partial charge in [0.1, 0.15) is 0 Å². The van der Waals surface area contributed by atoms with Crippen molar-refractivity contribution in [3.63, 3.8) is 0 Å². The van der Waals surface area contributed by atoms with E-state index in [1.54, 1.807) is 0 Å². The highest BCUT2D eigenvalue weighted by Gasteiger charge is 2.05. The van der Waals surface area contributed by atoms with E-state index in [0.717, 1.165) is 18.6 Å². The molecule has 27 heavy (non-hydrogen) atoms. The molecule has 0 aliphatic rings. The van der Waals surface area contributed by atoms with Crippen molar-refractivity contribution in [3.8, 4) is 22.3 Å². The molecule has 0 bridgehead atoms. The summed E-state index contributed by atoms with van der Waals surface area (Å²) >= 11 is 0. The molecule has 1 heteroatoms. The number of allylic oxidation sites excluding steroid dienone is 1. The van der Waals surface area contributed by atoms with Crippen molar-refractivity contribution < 1.29 is 4.74 Å². The van der Waals surface area contributed by atoms with E-state index >= 15 is 0 Å². The predicted octanol–water partition coefficient (Wildman–Crippen LogP) is 7.15. The van der Waals surface area contributed by atoms with Crippen molar-refractivity contribution >= 4 is 6.08 Å². The second-order valence-corrected chi connectivity index (χ2v) is 6.48. The van der Waals surface area contributed by atoms with E-state index < -0.39 is 0 Å². The molecule has 1 nitrogen and oxygen atoms in total. The van der Waals surface area contributed by atoms with Crippen LogP contribution in [0.3, 0.4) is 0 Å². The zero-order valence-electron chi connectivity index (χ0n) is 15.9. The van der Waals surface area contributed by atoms with E-state index in [2.05, 4.69) is 85.5 Å². The van der Waals surface area contributed by atoms with Crippen LogP contribution in [0.15, 0.2) is 91.5 Å². The summed E-state index contributed by atoms with van der Waals surface area (Å²) in [6, 6.07) is 25.6. The van der Waals surface area contributed by atoms with Gasteiger partial charge in [0.2, 0.25) is 0 Å². The van der Waals surface area contributed by atoms with Crippen molar-refractivity contribution in [3.05, 3.63) is 103 Å². The fourth-order valence-electron chi connectivity index (χ4n) is 3.11. The zero-order valence-corrected chi connectivity index (χ0v) is 15.9. The Morgan fingerprint density at radius 2 is 1.56 bits per heavy atom. The number of rotatable bonds is 8. The summed E-state index contributed by atoms with van der Waals surface area (Å²) in [5, 5.41) is 0. The maximum absolute atomic E-state index is 5.75. The Kier molecular flexibility index (Phi) is 6.78. The molecule has 0 spiro atoms. The molecule has 0 radical (unpaired) electrons. The first-order valence-electron chi connectivity index (χ1n) is 9.42. The molecule has 0 N–H and O–H groups in total. The molecular formula is C26H26O. The topological polar surface area (TPSA) is 9.23 Å². The lowest BCUT2D eigenvalue weighted by atomic mass is 9.95. The lowest BCUT2D eigenvalue weighted by Crippen LogP contribution is -1.95. The maximum Gasteiger partial charge on any atom is 0.0717 e. The van der Waals surface area contributed by atoms with E-state index in [4.69, 9.17) is 4.74 Å². The van der Waals surface area contributed by atoms with E-state index in [9.17, 15) is 0 Å². The molecule has 0 aliphatic carbocycles. The Hall–Kier alpha value is -2.90. The molecule has 3 aromatic carbocycles. The Bertz CT molecular complexity index is 889. The second-order valence-electron chi connectivity index (χ2n) is 6.48. The van der Waals surface area contributed by atoms with Crippen LogP contribution in [0, 0.1) is 0 Å². The van der Waals surface area contributed by atoms with Crippen LogP contribution in [0.5, 0.6) is 0 Å². The quantitative estimate of drug-likeness (QED) is 0.308. The van der Waals surface area contributed by atoms with Crippen LogP contribution in [-0.2, 0) is 11.3 Å². The predicted molar refractivity (Wildman–Crippen MR) is 116 cm³/mol. The first-order chi connectivity index (χ1) is 13.3. The summed E-state index contributed by atoms with van der Waals surface area (Å²) in [5.74, 6) is 0. The summed E-state index contributed by atoms with van der Waals surface area (Å²) in [5.41, 5.74) is 7.17. The zero-order chi connectivity index (χ0) is 18.9. The Morgan fingerprint density at radius 3 is 2.26 bits per heavy atom. The number of hydrogen-bond acceptors (Lipinski definition) is 1. The normalized spacial score (nSPS) is 11.0. The standard InChI is InChI=1S/C26H26O/c1-3-5-9-18-27-20-21-12-17-26(22(4-2)19-21)25-15-13-24(14-16-25)23-10-7-6-8-11-23/h3-8,10-17,19H,2,9,18,20H2,1H3/b5-3+. The minimum atomic E-state index is 0.631. The van der Waals surface area contributed by atoms with Gasteiger partial charge in [-0.05, 0) is 52.8 Å². The van der Waals surface area contributed by atoms with Crippen LogP contribution in [0.1, 0.15) is 24.5 Å². The first-order valence-corrected chi connectivity index (χ1v) is 9.42. The monoisotopic (exact) mass is 354 g/mol. The largest absolute Gasteiger partial charge is 0.376 e. The highest BCUT2D eigenvalue weighted by molar-refractivity contribution is 5.77. The summed E-state index contributed by atoms with van der Waals surface area (Å²) in [6.07, 6.45) is 7.05. The highest BCUT2D eigenvalue weighted by atomic mass is 16.5. The van der Waals surface area contributed by atoms with Gasteiger partial charge in [0.05, 0.1) is 13.2 Å². The number of benzene rings is 3. The summed E-state index contributed by atoms with van der Waals surface area (Å²) in [4.78, 5) is 0. The Morgan fingerprint density at radius 1 is 0.852 bits per heavy atom. The van der Waals surface area contributed by atoms with Gasteiger partial charge in [-0.25, -0.2) is 0 Å². The fraction of sp³-hybridized carbons (Fsp3) is 0.154. The van der Waals surface area contributed by atoms with Crippen molar-refractivity contribution in [2.45, 2.75) is 20.0 Å². The van der Waals surface area contributed by atoms with Crippen molar-refractivity contribution in [2.24, 2.45) is 0 Å². The van der Waals surface area contributed by atoms with Gasteiger partial charge in [0.15, 0.2) is 0 Å². The van der Waals surface area contributed by atoms with Crippen molar-refractivity contribution in [1.29, 1.82) is 0 Å². The summed E-state index contributed by atoms with van der Waals surface area (Å²) in [7, 11) is 0. The minimum Gasteiger partial charge on any atom is -0.376 e. The molecule has 136 valence electrons.